The Bertz CT molecular complexity index is 1330. The Kier molecular flexibility index (Phi) is 7.19. The Morgan fingerprint density at radius 2 is 1.60 bits per heavy atom. The molecule has 1 atom stereocenters. The van der Waals surface area contributed by atoms with Crippen molar-refractivity contribution in [1.29, 1.82) is 0 Å². The van der Waals surface area contributed by atoms with E-state index in [-0.39, 0.29) is 17.9 Å². The minimum absolute atomic E-state index is 0.0170. The highest BCUT2D eigenvalue weighted by molar-refractivity contribution is 6.33. The number of halogens is 3. The first-order valence-corrected chi connectivity index (χ1v) is 11.2. The molecule has 1 amide bonds. The summed E-state index contributed by atoms with van der Waals surface area (Å²) in [6.45, 7) is 1.04. The topological polar surface area (TPSA) is 75.1 Å². The second kappa shape index (κ2) is 10.3. The lowest BCUT2D eigenvalue weighted by Gasteiger charge is -2.19. The Morgan fingerprint density at radius 3 is 2.23 bits per heavy atom. The third-order valence-electron chi connectivity index (χ3n) is 5.50. The molecule has 0 bridgehead atoms. The van der Waals surface area contributed by atoms with E-state index in [4.69, 9.17) is 11.6 Å². The van der Waals surface area contributed by atoms with Gasteiger partial charge in [-0.25, -0.2) is 0 Å². The van der Waals surface area contributed by atoms with Gasteiger partial charge in [0, 0.05) is 34.8 Å². The molecule has 178 valence electrons. The maximum absolute atomic E-state index is 13.9. The predicted molar refractivity (Wildman–Crippen MR) is 132 cm³/mol. The monoisotopic (exact) mass is 493 g/mol. The third-order valence-corrected chi connectivity index (χ3v) is 5.83. The van der Waals surface area contributed by atoms with Crippen LogP contribution in [0, 0.1) is 0 Å². The van der Waals surface area contributed by atoms with Gasteiger partial charge in [0.2, 0.25) is 5.91 Å². The number of hydrogen-bond acceptors (Lipinski definition) is 4. The zero-order valence-corrected chi connectivity index (χ0v) is 19.5. The van der Waals surface area contributed by atoms with Crippen LogP contribution in [0.15, 0.2) is 85.2 Å². The van der Waals surface area contributed by atoms with Crippen LogP contribution in [0.2, 0.25) is 5.02 Å². The molecule has 0 radical (unpaired) electrons. The quantitative estimate of drug-likeness (QED) is 0.325. The number of anilines is 1. The van der Waals surface area contributed by atoms with Crippen LogP contribution in [0.5, 0.6) is 0 Å². The molecule has 0 saturated heterocycles. The van der Waals surface area contributed by atoms with Crippen molar-refractivity contribution in [3.05, 3.63) is 101 Å². The molecule has 3 aromatic carbocycles. The van der Waals surface area contributed by atoms with E-state index in [2.05, 4.69) is 15.3 Å². The van der Waals surface area contributed by atoms with Crippen molar-refractivity contribution >= 4 is 23.2 Å². The van der Waals surface area contributed by atoms with Gasteiger partial charge in [0.25, 0.3) is 5.92 Å². The molecule has 0 aliphatic heterocycles. The van der Waals surface area contributed by atoms with Crippen molar-refractivity contribution in [3.63, 3.8) is 0 Å². The molecular formula is C27H22ClF2N3O2. The van der Waals surface area contributed by atoms with E-state index >= 15 is 0 Å². The first-order chi connectivity index (χ1) is 16.8. The maximum Gasteiger partial charge on any atom is 0.298 e. The number of alkyl halides is 2. The average molecular weight is 494 g/mol. The summed E-state index contributed by atoms with van der Waals surface area (Å²) in [6.07, 6.45) is 1.42. The van der Waals surface area contributed by atoms with Crippen molar-refractivity contribution in [2.45, 2.75) is 25.4 Å². The fourth-order valence-electron chi connectivity index (χ4n) is 3.59. The van der Waals surface area contributed by atoms with Crippen molar-refractivity contribution in [3.8, 4) is 22.5 Å². The molecule has 0 aliphatic rings. The lowest BCUT2D eigenvalue weighted by Crippen LogP contribution is -2.27. The molecule has 8 heteroatoms. The second-order valence-corrected chi connectivity index (χ2v) is 8.44. The Morgan fingerprint density at radius 1 is 0.971 bits per heavy atom. The molecule has 2 N–H and O–H groups in total. The molecule has 0 aliphatic carbocycles. The Labute approximate surface area is 206 Å². The number of rotatable bonds is 7. The second-order valence-electron chi connectivity index (χ2n) is 8.03. The van der Waals surface area contributed by atoms with Crippen molar-refractivity contribution < 1.29 is 18.7 Å². The SMILES string of the molecule is CC(O)C(F)(F)c1ccc(CC(=O)Nc2ccc(-c3nccnc3-c3ccccc3Cl)cc2)cc1. The number of carbonyl (C=O) groups is 1. The molecule has 4 aromatic rings. The highest BCUT2D eigenvalue weighted by atomic mass is 35.5. The van der Waals surface area contributed by atoms with Gasteiger partial charge in [-0.2, -0.15) is 8.78 Å². The lowest BCUT2D eigenvalue weighted by atomic mass is 10.0. The first-order valence-electron chi connectivity index (χ1n) is 10.9. The number of carbonyl (C=O) groups excluding carboxylic acids is 1. The summed E-state index contributed by atoms with van der Waals surface area (Å²) in [6, 6.07) is 19.9. The van der Waals surface area contributed by atoms with E-state index in [1.54, 1.807) is 30.6 Å². The average Bonchev–Trinajstić information content (AvgIpc) is 2.85. The van der Waals surface area contributed by atoms with Gasteiger partial charge >= 0.3 is 0 Å². The molecule has 0 saturated carbocycles. The number of amides is 1. The molecule has 0 fully saturated rings. The van der Waals surface area contributed by atoms with E-state index in [1.807, 2.05) is 30.3 Å². The summed E-state index contributed by atoms with van der Waals surface area (Å²) < 4.78 is 27.8. The van der Waals surface area contributed by atoms with Gasteiger partial charge in [0.15, 0.2) is 0 Å². The Hall–Kier alpha value is -3.68. The molecule has 1 aromatic heterocycles. The van der Waals surface area contributed by atoms with Gasteiger partial charge in [-0.05, 0) is 30.7 Å². The molecular weight excluding hydrogens is 472 g/mol. The minimum atomic E-state index is -3.35. The smallest absolute Gasteiger partial charge is 0.298 e. The number of aromatic nitrogens is 2. The fourth-order valence-corrected chi connectivity index (χ4v) is 3.81. The number of aliphatic hydroxyl groups excluding tert-OH is 1. The van der Waals surface area contributed by atoms with E-state index in [0.29, 0.717) is 27.7 Å². The van der Waals surface area contributed by atoms with Gasteiger partial charge in [0.05, 0.1) is 22.8 Å². The molecule has 1 heterocycles. The zero-order valence-electron chi connectivity index (χ0n) is 18.8. The van der Waals surface area contributed by atoms with Crippen LogP contribution >= 0.6 is 11.6 Å². The Balaban J connectivity index is 1.45. The number of nitrogens with zero attached hydrogens (tertiary/aromatic N) is 2. The van der Waals surface area contributed by atoms with Crippen molar-refractivity contribution in [1.82, 2.24) is 9.97 Å². The molecule has 0 spiro atoms. The number of aliphatic hydroxyl groups is 1. The van der Waals surface area contributed by atoms with Crippen LogP contribution < -0.4 is 5.32 Å². The van der Waals surface area contributed by atoms with Gasteiger partial charge in [-0.3, -0.25) is 14.8 Å². The van der Waals surface area contributed by atoms with Gasteiger partial charge < -0.3 is 10.4 Å². The summed E-state index contributed by atoms with van der Waals surface area (Å²) in [5, 5.41) is 12.6. The van der Waals surface area contributed by atoms with Crippen LogP contribution in [0.3, 0.4) is 0 Å². The van der Waals surface area contributed by atoms with E-state index < -0.39 is 12.0 Å². The van der Waals surface area contributed by atoms with Crippen LogP contribution in [0.1, 0.15) is 18.1 Å². The molecule has 4 rings (SSSR count). The standard InChI is InChI=1S/C27H22ClF2N3O2/c1-17(34)27(29,30)20-10-6-18(7-11-20)16-24(35)33-21-12-8-19(9-13-21)25-26(32-15-14-31-25)22-4-2-3-5-23(22)28/h2-15,17,34H,16H2,1H3,(H,33,35). The highest BCUT2D eigenvalue weighted by Crippen LogP contribution is 2.33. The van der Waals surface area contributed by atoms with Crippen LogP contribution in [-0.2, 0) is 17.1 Å². The molecule has 5 nitrogen and oxygen atoms in total. The van der Waals surface area contributed by atoms with Crippen molar-refractivity contribution in [2.24, 2.45) is 0 Å². The summed E-state index contributed by atoms with van der Waals surface area (Å²) in [4.78, 5) is 21.4. The summed E-state index contributed by atoms with van der Waals surface area (Å²) in [5.41, 5.74) is 3.75. The minimum Gasteiger partial charge on any atom is -0.387 e. The van der Waals surface area contributed by atoms with Gasteiger partial charge in [-0.1, -0.05) is 66.2 Å². The fraction of sp³-hybridized carbons (Fsp3) is 0.148. The summed E-state index contributed by atoms with van der Waals surface area (Å²) >= 11 is 6.35. The zero-order chi connectivity index (χ0) is 25.0. The summed E-state index contributed by atoms with van der Waals surface area (Å²) in [5.74, 6) is -3.64. The van der Waals surface area contributed by atoms with Crippen LogP contribution in [0.4, 0.5) is 14.5 Å². The lowest BCUT2D eigenvalue weighted by molar-refractivity contribution is -0.115. The highest BCUT2D eigenvalue weighted by Gasteiger charge is 2.37. The number of benzene rings is 3. The van der Waals surface area contributed by atoms with Crippen LogP contribution in [0.25, 0.3) is 22.5 Å². The number of hydrogen-bond donors (Lipinski definition) is 2. The first kappa shape index (κ1) is 24.4. The van der Waals surface area contributed by atoms with E-state index in [0.717, 1.165) is 18.1 Å². The normalized spacial score (nSPS) is 12.3. The third kappa shape index (κ3) is 5.53. The summed E-state index contributed by atoms with van der Waals surface area (Å²) in [7, 11) is 0. The predicted octanol–water partition coefficient (Wildman–Crippen LogP) is 6.12. The van der Waals surface area contributed by atoms with Crippen molar-refractivity contribution in [2.75, 3.05) is 5.32 Å². The number of nitrogens with one attached hydrogen (secondary N) is 1. The van der Waals surface area contributed by atoms with Gasteiger partial charge in [0.1, 0.15) is 6.10 Å². The molecule has 1 unspecified atom stereocenters. The molecule has 35 heavy (non-hydrogen) atoms. The van der Waals surface area contributed by atoms with E-state index in [1.165, 1.54) is 24.3 Å². The maximum atomic E-state index is 13.9. The largest absolute Gasteiger partial charge is 0.387 e. The van der Waals surface area contributed by atoms with E-state index in [9.17, 15) is 18.7 Å². The van der Waals surface area contributed by atoms with Crippen LogP contribution in [-0.4, -0.2) is 27.1 Å². The van der Waals surface area contributed by atoms with Gasteiger partial charge in [-0.15, -0.1) is 0 Å².